The summed E-state index contributed by atoms with van der Waals surface area (Å²) in [5.74, 6) is -3.96. The average Bonchev–Trinajstić information content (AvgIpc) is 3.05. The molecule has 0 aliphatic carbocycles. The molecule has 1 fully saturated rings. The highest BCUT2D eigenvalue weighted by Gasteiger charge is 2.36. The number of nitrogens with two attached hydrogens (primary N) is 1. The number of allylic oxidation sites excluding steroid dienone is 3. The summed E-state index contributed by atoms with van der Waals surface area (Å²) < 4.78 is 0. The van der Waals surface area contributed by atoms with Crippen LogP contribution in [0.3, 0.4) is 0 Å². The summed E-state index contributed by atoms with van der Waals surface area (Å²) in [6.07, 6.45) is 4.82. The first kappa shape index (κ1) is 47.3. The topological polar surface area (TPSA) is 219 Å². The Morgan fingerprint density at radius 1 is 1.04 bits per heavy atom. The molecule has 4 atom stereocenters. The Morgan fingerprint density at radius 2 is 1.60 bits per heavy atom. The van der Waals surface area contributed by atoms with E-state index >= 15 is 0 Å². The lowest BCUT2D eigenvalue weighted by atomic mass is 9.98. The lowest BCUT2D eigenvalue weighted by Crippen LogP contribution is -2.59. The van der Waals surface area contributed by atoms with Gasteiger partial charge in [-0.15, -0.1) is 0 Å². The zero-order valence-corrected chi connectivity index (χ0v) is 29.7. The number of carbonyl (C=O) groups is 5. The van der Waals surface area contributed by atoms with E-state index < -0.39 is 60.2 Å². The van der Waals surface area contributed by atoms with Crippen molar-refractivity contribution in [2.75, 3.05) is 20.1 Å². The Bertz CT molecular complexity index is 1150. The number of carboxylic acids is 1. The number of nitriles is 1. The van der Waals surface area contributed by atoms with Crippen molar-refractivity contribution < 1.29 is 29.1 Å². The first-order chi connectivity index (χ1) is 22.7. The highest BCUT2D eigenvalue weighted by atomic mass is 16.4. The van der Waals surface area contributed by atoms with Crippen LogP contribution >= 0.6 is 0 Å². The highest BCUT2D eigenvalue weighted by Crippen LogP contribution is 2.17. The molecule has 0 aromatic rings. The van der Waals surface area contributed by atoms with Crippen LogP contribution in [0.4, 0.5) is 0 Å². The number of carboxylic acid groups (broad SMARTS) is 1. The fourth-order valence-electron chi connectivity index (χ4n) is 4.48. The minimum absolute atomic E-state index is 0.0228. The lowest BCUT2D eigenvalue weighted by molar-refractivity contribution is -0.144. The summed E-state index contributed by atoms with van der Waals surface area (Å²) in [6, 6.07) is -4.26. The van der Waals surface area contributed by atoms with Gasteiger partial charge in [-0.3, -0.25) is 24.0 Å². The van der Waals surface area contributed by atoms with E-state index in [0.29, 0.717) is 36.5 Å². The second-order valence-electron chi connectivity index (χ2n) is 10.3. The molecule has 1 rings (SSSR count). The number of aliphatic carboxylic acids is 1. The van der Waals surface area contributed by atoms with Gasteiger partial charge in [-0.2, -0.15) is 0 Å². The van der Waals surface area contributed by atoms with Crippen molar-refractivity contribution in [3.63, 3.8) is 0 Å². The van der Waals surface area contributed by atoms with Crippen LogP contribution in [0.15, 0.2) is 61.6 Å². The van der Waals surface area contributed by atoms with Crippen molar-refractivity contribution in [2.24, 2.45) is 11.7 Å². The van der Waals surface area contributed by atoms with E-state index in [-0.39, 0.29) is 18.9 Å². The maximum atomic E-state index is 13.8. The van der Waals surface area contributed by atoms with Crippen LogP contribution < -0.4 is 32.3 Å². The molecule has 0 saturated carbocycles. The number of carbonyl (C=O) groups excluding carboxylic acids is 4. The number of hydrogen-bond acceptors (Lipinski definition) is 9. The third-order valence-corrected chi connectivity index (χ3v) is 6.58. The van der Waals surface area contributed by atoms with E-state index in [9.17, 15) is 29.1 Å². The molecule has 1 heterocycles. The maximum absolute atomic E-state index is 13.8. The fraction of sp³-hybridized carbons (Fsp3) is 0.529. The molecule has 3 unspecified atom stereocenters. The van der Waals surface area contributed by atoms with E-state index in [2.05, 4.69) is 59.5 Å². The molecule has 0 aromatic heterocycles. The molecular formula is C34H58N8O6. The fourth-order valence-corrected chi connectivity index (χ4v) is 4.48. The maximum Gasteiger partial charge on any atom is 0.305 e. The van der Waals surface area contributed by atoms with Crippen LogP contribution in [0, 0.1) is 17.8 Å². The highest BCUT2D eigenvalue weighted by molar-refractivity contribution is 5.96. The van der Waals surface area contributed by atoms with Crippen LogP contribution in [0.2, 0.25) is 0 Å². The summed E-state index contributed by atoms with van der Waals surface area (Å²) in [5, 5.41) is 29.6. The molecule has 4 amide bonds. The molecule has 0 radical (unpaired) electrons. The van der Waals surface area contributed by atoms with E-state index in [0.717, 1.165) is 0 Å². The molecule has 1 saturated heterocycles. The molecule has 0 aromatic carbocycles. The first-order valence-electron chi connectivity index (χ1n) is 15.9. The third kappa shape index (κ3) is 18.2. The molecular weight excluding hydrogens is 616 g/mol. The zero-order chi connectivity index (χ0) is 38.0. The van der Waals surface area contributed by atoms with Gasteiger partial charge in [-0.25, -0.2) is 5.26 Å². The Morgan fingerprint density at radius 3 is 2.08 bits per heavy atom. The van der Waals surface area contributed by atoms with E-state index in [1.165, 1.54) is 24.1 Å². The van der Waals surface area contributed by atoms with Crippen LogP contribution in [0.5, 0.6) is 0 Å². The lowest BCUT2D eigenvalue weighted by Gasteiger charge is -2.34. The minimum atomic E-state index is -1.47. The van der Waals surface area contributed by atoms with Crippen molar-refractivity contribution in [2.45, 2.75) is 91.4 Å². The van der Waals surface area contributed by atoms with Gasteiger partial charge in [0.05, 0.1) is 24.8 Å². The number of nitrogens with zero attached hydrogens (tertiary/aromatic N) is 2. The van der Waals surface area contributed by atoms with E-state index in [4.69, 9.17) is 11.0 Å². The molecule has 14 nitrogen and oxygen atoms in total. The summed E-state index contributed by atoms with van der Waals surface area (Å²) >= 11 is 0. The standard InChI is InChI=1S/C29H45N7O6.2C2H6.CHN/c1-8-11-20(9-2)14-23-29(42)36(7)26(17(3)4)28(41)34-21(12-10-13-31-19(6)30)18(5)32-16-24(37)33-22(15-25(38)39)27(40)35-23;3*1-2/h8-9,11,17,21-23,26,31-32H,1-2,5-6,10,12-16,30H2,3-4,7H3,(H,33,37)(H,34,41)(H,35,40)(H,38,39);2*1-2H3;1H/b20-11+;;;/t21?,22?,23-,26?;;;/m0.../s1. The summed E-state index contributed by atoms with van der Waals surface area (Å²) in [6.45, 7) is 30.1. The van der Waals surface area contributed by atoms with Crippen molar-refractivity contribution >= 4 is 29.6 Å². The summed E-state index contributed by atoms with van der Waals surface area (Å²) in [4.78, 5) is 66.3. The molecule has 270 valence electrons. The Kier molecular flexibility index (Phi) is 26.7. The van der Waals surface area contributed by atoms with Gasteiger partial charge < -0.3 is 42.3 Å². The van der Waals surface area contributed by atoms with Gasteiger partial charge in [-0.05, 0) is 24.3 Å². The second kappa shape index (κ2) is 27.1. The number of nitrogens with one attached hydrogen (secondary N) is 5. The normalized spacial score (nSPS) is 20.4. The van der Waals surface area contributed by atoms with Gasteiger partial charge in [0.1, 0.15) is 18.1 Å². The largest absolute Gasteiger partial charge is 0.481 e. The number of hydrogen-bond donors (Lipinski definition) is 7. The third-order valence-electron chi connectivity index (χ3n) is 6.58. The smallest absolute Gasteiger partial charge is 0.305 e. The van der Waals surface area contributed by atoms with Crippen LogP contribution in [0.25, 0.3) is 0 Å². The predicted molar refractivity (Wildman–Crippen MR) is 190 cm³/mol. The van der Waals surface area contributed by atoms with Crippen LogP contribution in [-0.2, 0) is 24.0 Å². The monoisotopic (exact) mass is 674 g/mol. The molecule has 0 spiro atoms. The predicted octanol–water partition coefficient (Wildman–Crippen LogP) is 2.20. The van der Waals surface area contributed by atoms with Crippen molar-refractivity contribution in [1.29, 1.82) is 5.26 Å². The van der Waals surface area contributed by atoms with E-state index in [1.54, 1.807) is 19.9 Å². The van der Waals surface area contributed by atoms with Gasteiger partial charge in [0.15, 0.2) is 0 Å². The van der Waals surface area contributed by atoms with Crippen molar-refractivity contribution in [3.05, 3.63) is 61.6 Å². The van der Waals surface area contributed by atoms with Crippen LogP contribution in [-0.4, -0.2) is 83.9 Å². The number of rotatable bonds is 12. The molecule has 1 aliphatic heterocycles. The van der Waals surface area contributed by atoms with Crippen molar-refractivity contribution in [3.8, 4) is 6.57 Å². The first-order valence-corrected chi connectivity index (χ1v) is 15.9. The SMILES string of the molecule is C#N.C=C/C=C(\C=C)C[C@@H]1NC(=O)C(CC(=O)O)NC(=O)CNC(=C)C(CCCNC(=C)N)NC(=O)C(C(C)C)N(C)C1=O.CC.CC. The Balaban J connectivity index is -0.00000318. The molecule has 1 aliphatic rings. The molecule has 48 heavy (non-hydrogen) atoms. The summed E-state index contributed by atoms with van der Waals surface area (Å²) in [7, 11) is 1.46. The van der Waals surface area contributed by atoms with E-state index in [1.807, 2.05) is 27.7 Å². The molecule has 0 bridgehead atoms. The van der Waals surface area contributed by atoms with Gasteiger partial charge in [0.25, 0.3) is 0 Å². The Hall–Kier alpha value is -5.06. The summed E-state index contributed by atoms with van der Waals surface area (Å²) in [5.41, 5.74) is 6.45. The second-order valence-corrected chi connectivity index (χ2v) is 10.3. The Labute approximate surface area is 286 Å². The van der Waals surface area contributed by atoms with Crippen LogP contribution in [0.1, 0.15) is 67.2 Å². The van der Waals surface area contributed by atoms with Gasteiger partial charge in [0.2, 0.25) is 23.6 Å². The minimum Gasteiger partial charge on any atom is -0.481 e. The molecule has 8 N–H and O–H groups in total. The number of likely N-dealkylation sites (N-methyl/N-ethyl adjacent to an activating group) is 1. The zero-order valence-electron chi connectivity index (χ0n) is 29.7. The van der Waals surface area contributed by atoms with Gasteiger partial charge in [-0.1, -0.05) is 86.1 Å². The average molecular weight is 675 g/mol. The molecule has 14 heteroatoms. The quantitative estimate of drug-likeness (QED) is 0.118. The van der Waals surface area contributed by atoms with Crippen molar-refractivity contribution in [1.82, 2.24) is 31.5 Å². The van der Waals surface area contributed by atoms with Gasteiger partial charge >= 0.3 is 5.97 Å². The van der Waals surface area contributed by atoms with Gasteiger partial charge in [0, 0.05) is 32.3 Å². The number of amides is 4.